The van der Waals surface area contributed by atoms with Crippen LogP contribution in [0.15, 0.2) is 48.3 Å². The normalized spacial score (nSPS) is 21.3. The number of epoxide rings is 1. The summed E-state index contributed by atoms with van der Waals surface area (Å²) >= 11 is 0. The zero-order chi connectivity index (χ0) is 17.6. The Morgan fingerprint density at radius 1 is 0.917 bits per heavy atom. The fraction of sp³-hybridized carbons (Fsp3) is 0.550. The van der Waals surface area contributed by atoms with Crippen LogP contribution < -0.4 is 0 Å². The lowest BCUT2D eigenvalue weighted by atomic mass is 10.1. The van der Waals surface area contributed by atoms with Crippen molar-refractivity contribution in [2.24, 2.45) is 0 Å². The summed E-state index contributed by atoms with van der Waals surface area (Å²) in [5.74, 6) is -0.726. The second kappa shape index (κ2) is 12.6. The van der Waals surface area contributed by atoms with Crippen LogP contribution >= 0.6 is 0 Å². The summed E-state index contributed by atoms with van der Waals surface area (Å²) in [6, 6.07) is 0. The number of aliphatic carboxylic acids is 1. The first-order valence-corrected chi connectivity index (χ1v) is 8.92. The standard InChI is InChI=1S/C20H30O4/c1-2-18-19(24-18)15-11-6-4-3-5-9-13-17(21)14-10-7-8-12-16-20(22)23/h7-8,10,12-14,16,18-19,21H,2-6,9,11,15H2,1H3,(H,22,23)/b8-7+,14-10+,16-12+,17-13-. The molecule has 0 spiro atoms. The highest BCUT2D eigenvalue weighted by Crippen LogP contribution is 2.29. The molecular weight excluding hydrogens is 304 g/mol. The molecule has 0 aromatic carbocycles. The molecule has 1 heterocycles. The molecule has 0 aromatic heterocycles. The van der Waals surface area contributed by atoms with E-state index in [0.717, 1.165) is 25.3 Å². The first-order valence-electron chi connectivity index (χ1n) is 8.92. The van der Waals surface area contributed by atoms with E-state index in [1.807, 2.05) is 6.08 Å². The smallest absolute Gasteiger partial charge is 0.328 e. The molecule has 4 nitrogen and oxygen atoms in total. The number of carbonyl (C=O) groups is 1. The molecule has 1 aliphatic rings. The van der Waals surface area contributed by atoms with Gasteiger partial charge in [-0.15, -0.1) is 0 Å². The van der Waals surface area contributed by atoms with Crippen LogP contribution in [0.1, 0.15) is 58.3 Å². The SMILES string of the molecule is CCC1OC1CCCCCCC/C=C(O)/C=C/C=C/C=C/C(=O)O. The zero-order valence-corrected chi connectivity index (χ0v) is 14.6. The third-order valence-corrected chi connectivity index (χ3v) is 3.98. The topological polar surface area (TPSA) is 70.1 Å². The van der Waals surface area contributed by atoms with Crippen molar-refractivity contribution in [1.82, 2.24) is 0 Å². The zero-order valence-electron chi connectivity index (χ0n) is 14.6. The summed E-state index contributed by atoms with van der Waals surface area (Å²) in [7, 11) is 0. The number of aliphatic hydroxyl groups is 1. The van der Waals surface area contributed by atoms with Gasteiger partial charge in [-0.1, -0.05) is 56.9 Å². The van der Waals surface area contributed by atoms with Gasteiger partial charge in [-0.3, -0.25) is 0 Å². The number of carboxylic acids is 1. The Morgan fingerprint density at radius 2 is 1.58 bits per heavy atom. The molecule has 1 fully saturated rings. The van der Waals surface area contributed by atoms with Crippen molar-refractivity contribution in [1.29, 1.82) is 0 Å². The first kappa shape index (κ1) is 20.2. The van der Waals surface area contributed by atoms with Crippen molar-refractivity contribution in [3.63, 3.8) is 0 Å². The quantitative estimate of drug-likeness (QED) is 0.162. The van der Waals surface area contributed by atoms with E-state index in [0.29, 0.717) is 12.2 Å². The van der Waals surface area contributed by atoms with Gasteiger partial charge in [0.05, 0.1) is 12.2 Å². The molecule has 0 bridgehead atoms. The maximum atomic E-state index is 10.2. The Morgan fingerprint density at radius 3 is 2.25 bits per heavy atom. The van der Waals surface area contributed by atoms with E-state index in [-0.39, 0.29) is 5.76 Å². The molecule has 0 aliphatic carbocycles. The van der Waals surface area contributed by atoms with Crippen molar-refractivity contribution >= 4 is 5.97 Å². The summed E-state index contributed by atoms with van der Waals surface area (Å²) in [6.07, 6.45) is 21.2. The van der Waals surface area contributed by atoms with E-state index in [4.69, 9.17) is 9.84 Å². The molecule has 2 atom stereocenters. The van der Waals surface area contributed by atoms with Gasteiger partial charge in [0.1, 0.15) is 5.76 Å². The van der Waals surface area contributed by atoms with Gasteiger partial charge in [0.2, 0.25) is 0 Å². The van der Waals surface area contributed by atoms with Crippen molar-refractivity contribution in [2.75, 3.05) is 0 Å². The number of hydrogen-bond donors (Lipinski definition) is 2. The Bertz CT molecular complexity index is 474. The molecule has 0 amide bonds. The highest BCUT2D eigenvalue weighted by atomic mass is 16.6. The highest BCUT2D eigenvalue weighted by molar-refractivity contribution is 5.80. The van der Waals surface area contributed by atoms with Crippen LogP contribution in [0, 0.1) is 0 Å². The lowest BCUT2D eigenvalue weighted by Crippen LogP contribution is -1.92. The van der Waals surface area contributed by atoms with E-state index in [1.165, 1.54) is 38.2 Å². The number of ether oxygens (including phenoxy) is 1. The molecule has 0 radical (unpaired) electrons. The molecule has 4 heteroatoms. The number of carboxylic acid groups (broad SMARTS) is 1. The van der Waals surface area contributed by atoms with Gasteiger partial charge >= 0.3 is 5.97 Å². The van der Waals surface area contributed by atoms with Crippen LogP contribution in [0.5, 0.6) is 0 Å². The van der Waals surface area contributed by atoms with Crippen LogP contribution in [-0.2, 0) is 9.53 Å². The number of allylic oxidation sites excluding steroid dienone is 6. The largest absolute Gasteiger partial charge is 0.508 e. The van der Waals surface area contributed by atoms with Crippen LogP contribution in [0.4, 0.5) is 0 Å². The second-order valence-corrected chi connectivity index (χ2v) is 6.04. The number of aliphatic hydroxyl groups excluding tert-OH is 1. The fourth-order valence-corrected chi connectivity index (χ4v) is 2.55. The number of rotatable bonds is 13. The molecule has 1 aliphatic heterocycles. The molecular formula is C20H30O4. The van der Waals surface area contributed by atoms with Crippen LogP contribution in [0.25, 0.3) is 0 Å². The Balaban J connectivity index is 1.96. The summed E-state index contributed by atoms with van der Waals surface area (Å²) in [4.78, 5) is 10.2. The van der Waals surface area contributed by atoms with E-state index in [1.54, 1.807) is 24.3 Å². The van der Waals surface area contributed by atoms with Gasteiger partial charge in [-0.2, -0.15) is 0 Å². The lowest BCUT2D eigenvalue weighted by Gasteiger charge is -1.99. The van der Waals surface area contributed by atoms with Crippen molar-refractivity contribution < 1.29 is 19.7 Å². The van der Waals surface area contributed by atoms with Crippen molar-refractivity contribution in [3.05, 3.63) is 48.3 Å². The van der Waals surface area contributed by atoms with Gasteiger partial charge in [0.15, 0.2) is 0 Å². The Hall–Kier alpha value is -1.81. The minimum absolute atomic E-state index is 0.248. The maximum Gasteiger partial charge on any atom is 0.328 e. The molecule has 134 valence electrons. The average Bonchev–Trinajstić information content (AvgIpc) is 3.31. The van der Waals surface area contributed by atoms with Gasteiger partial charge in [0.25, 0.3) is 0 Å². The van der Waals surface area contributed by atoms with E-state index in [9.17, 15) is 9.90 Å². The molecule has 1 saturated heterocycles. The highest BCUT2D eigenvalue weighted by Gasteiger charge is 2.35. The second-order valence-electron chi connectivity index (χ2n) is 6.04. The number of hydrogen-bond acceptors (Lipinski definition) is 3. The van der Waals surface area contributed by atoms with E-state index >= 15 is 0 Å². The monoisotopic (exact) mass is 334 g/mol. The summed E-state index contributed by atoms with van der Waals surface area (Å²) in [5, 5.41) is 18.1. The summed E-state index contributed by atoms with van der Waals surface area (Å²) in [6.45, 7) is 2.18. The minimum atomic E-state index is -0.975. The third kappa shape index (κ3) is 10.8. The Kier molecular flexibility index (Phi) is 10.6. The first-order chi connectivity index (χ1) is 11.6. The van der Waals surface area contributed by atoms with Gasteiger partial charge < -0.3 is 14.9 Å². The summed E-state index contributed by atoms with van der Waals surface area (Å²) < 4.78 is 5.53. The van der Waals surface area contributed by atoms with Crippen LogP contribution in [0.3, 0.4) is 0 Å². The molecule has 2 unspecified atom stereocenters. The van der Waals surface area contributed by atoms with E-state index in [2.05, 4.69) is 6.92 Å². The summed E-state index contributed by atoms with van der Waals surface area (Å²) in [5.41, 5.74) is 0. The molecule has 0 saturated carbocycles. The lowest BCUT2D eigenvalue weighted by molar-refractivity contribution is -0.131. The minimum Gasteiger partial charge on any atom is -0.508 e. The predicted molar refractivity (Wildman–Crippen MR) is 97.0 cm³/mol. The molecule has 2 N–H and O–H groups in total. The predicted octanol–water partition coefficient (Wildman–Crippen LogP) is 5.09. The third-order valence-electron chi connectivity index (χ3n) is 3.98. The van der Waals surface area contributed by atoms with Gasteiger partial charge in [-0.25, -0.2) is 4.79 Å². The maximum absolute atomic E-state index is 10.2. The van der Waals surface area contributed by atoms with Crippen LogP contribution in [0.2, 0.25) is 0 Å². The molecule has 1 rings (SSSR count). The van der Waals surface area contributed by atoms with E-state index < -0.39 is 5.97 Å². The van der Waals surface area contributed by atoms with Crippen molar-refractivity contribution in [2.45, 2.75) is 70.5 Å². The van der Waals surface area contributed by atoms with Crippen molar-refractivity contribution in [3.8, 4) is 0 Å². The fourth-order valence-electron chi connectivity index (χ4n) is 2.55. The Labute approximate surface area is 145 Å². The number of unbranched alkanes of at least 4 members (excludes halogenated alkanes) is 5. The average molecular weight is 334 g/mol. The molecule has 24 heavy (non-hydrogen) atoms. The van der Waals surface area contributed by atoms with Gasteiger partial charge in [0, 0.05) is 6.08 Å². The van der Waals surface area contributed by atoms with Crippen LogP contribution in [-0.4, -0.2) is 28.4 Å². The molecule has 0 aromatic rings. The van der Waals surface area contributed by atoms with Gasteiger partial charge in [-0.05, 0) is 37.8 Å².